The summed E-state index contributed by atoms with van der Waals surface area (Å²) in [6.45, 7) is 9.90. The van der Waals surface area contributed by atoms with Crippen LogP contribution >= 0.6 is 0 Å². The minimum absolute atomic E-state index is 0.172. The number of anilines is 2. The summed E-state index contributed by atoms with van der Waals surface area (Å²) in [6.07, 6.45) is 3.18. The average molecular weight is 583 g/mol. The Morgan fingerprint density at radius 3 is 2.67 bits per heavy atom. The van der Waals surface area contributed by atoms with E-state index in [2.05, 4.69) is 77.7 Å². The summed E-state index contributed by atoms with van der Waals surface area (Å²) >= 11 is 0. The zero-order valence-electron chi connectivity index (χ0n) is 25.0. The molecule has 1 N–H and O–H groups in total. The normalized spacial score (nSPS) is 20.7. The number of aromatic nitrogens is 2. The molecular formula is C33H39FN8O. The topological polar surface area (TPSA) is 95.6 Å². The van der Waals surface area contributed by atoms with Gasteiger partial charge < -0.3 is 24.3 Å². The number of fused-ring (bicyclic) bond motifs is 2. The smallest absolute Gasteiger partial charge is 0.318 e. The highest BCUT2D eigenvalue weighted by molar-refractivity contribution is 5.97. The van der Waals surface area contributed by atoms with E-state index < -0.39 is 5.83 Å². The van der Waals surface area contributed by atoms with Crippen LogP contribution in [0, 0.1) is 23.7 Å². The quantitative estimate of drug-likeness (QED) is 0.313. The Kier molecular flexibility index (Phi) is 8.17. The van der Waals surface area contributed by atoms with Gasteiger partial charge in [0.25, 0.3) is 0 Å². The Morgan fingerprint density at radius 1 is 1.12 bits per heavy atom. The highest BCUT2D eigenvalue weighted by Crippen LogP contribution is 2.36. The number of nitrogens with one attached hydrogen (secondary N) is 1. The van der Waals surface area contributed by atoms with Crippen molar-refractivity contribution in [2.75, 3.05) is 56.2 Å². The molecule has 3 aromatic rings. The number of piperazine rings is 1. The molecule has 2 aromatic carbocycles. The van der Waals surface area contributed by atoms with Crippen molar-refractivity contribution < 1.29 is 9.13 Å². The summed E-state index contributed by atoms with van der Waals surface area (Å²) in [6, 6.07) is 15.5. The number of nitriles is 1. The molecule has 3 aliphatic heterocycles. The van der Waals surface area contributed by atoms with Crippen molar-refractivity contribution in [2.45, 2.75) is 51.2 Å². The Morgan fingerprint density at radius 2 is 1.93 bits per heavy atom. The molecule has 0 radical (unpaired) electrons. The average Bonchev–Trinajstić information content (AvgIpc) is 3.43. The zero-order chi connectivity index (χ0) is 30.1. The third-order valence-corrected chi connectivity index (χ3v) is 9.18. The molecule has 2 fully saturated rings. The van der Waals surface area contributed by atoms with E-state index in [1.807, 2.05) is 0 Å². The predicted octanol–water partition coefficient (Wildman–Crippen LogP) is 4.84. The monoisotopic (exact) mass is 582 g/mol. The third-order valence-electron chi connectivity index (χ3n) is 9.18. The molecule has 1 aromatic heterocycles. The first-order valence-electron chi connectivity index (χ1n) is 15.1. The maximum absolute atomic E-state index is 13.9. The highest BCUT2D eigenvalue weighted by Gasteiger charge is 2.34. The van der Waals surface area contributed by atoms with E-state index >= 15 is 0 Å². The van der Waals surface area contributed by atoms with E-state index in [0.717, 1.165) is 49.4 Å². The van der Waals surface area contributed by atoms with Crippen LogP contribution in [0.2, 0.25) is 0 Å². The largest absolute Gasteiger partial charge is 0.462 e. The number of rotatable bonds is 7. The van der Waals surface area contributed by atoms with Crippen molar-refractivity contribution in [3.8, 4) is 12.1 Å². The predicted molar refractivity (Wildman–Crippen MR) is 168 cm³/mol. The Labute approximate surface area is 252 Å². The van der Waals surface area contributed by atoms with Crippen LogP contribution in [0.5, 0.6) is 6.01 Å². The first-order valence-corrected chi connectivity index (χ1v) is 15.1. The summed E-state index contributed by atoms with van der Waals surface area (Å²) < 4.78 is 20.2. The fourth-order valence-electron chi connectivity index (χ4n) is 6.83. The van der Waals surface area contributed by atoms with Crippen LogP contribution in [0.25, 0.3) is 10.8 Å². The number of hydrogen-bond donors (Lipinski definition) is 1. The van der Waals surface area contributed by atoms with Gasteiger partial charge >= 0.3 is 6.01 Å². The van der Waals surface area contributed by atoms with Gasteiger partial charge in [-0.15, -0.1) is 0 Å². The molecule has 0 saturated carbocycles. The van der Waals surface area contributed by atoms with Gasteiger partial charge in [-0.1, -0.05) is 36.9 Å². The Hall–Kier alpha value is -4.23. The second-order valence-electron chi connectivity index (χ2n) is 11.9. The zero-order valence-corrected chi connectivity index (χ0v) is 25.0. The second kappa shape index (κ2) is 12.2. The lowest BCUT2D eigenvalue weighted by Crippen LogP contribution is -2.55. The molecule has 0 spiro atoms. The van der Waals surface area contributed by atoms with E-state index in [1.165, 1.54) is 22.0 Å². The molecule has 0 aliphatic carbocycles. The van der Waals surface area contributed by atoms with Gasteiger partial charge in [-0.05, 0) is 56.8 Å². The summed E-state index contributed by atoms with van der Waals surface area (Å²) in [5.41, 5.74) is 4.48. The number of benzene rings is 2. The Bertz CT molecular complexity index is 1580. The number of amidine groups is 1. The van der Waals surface area contributed by atoms with E-state index in [9.17, 15) is 9.65 Å². The summed E-state index contributed by atoms with van der Waals surface area (Å²) in [4.78, 5) is 18.5. The van der Waals surface area contributed by atoms with E-state index in [0.29, 0.717) is 44.8 Å². The number of likely N-dealkylation sites (tertiary alicyclic amines) is 1. The summed E-state index contributed by atoms with van der Waals surface area (Å²) in [7, 11) is 2.13. The molecule has 9 nitrogen and oxygen atoms in total. The fourth-order valence-corrected chi connectivity index (χ4v) is 6.83. The molecule has 0 unspecified atom stereocenters. The highest BCUT2D eigenvalue weighted by atomic mass is 19.1. The number of aryl methyl sites for hydroxylation is 1. The molecule has 0 bridgehead atoms. The second-order valence-corrected chi connectivity index (χ2v) is 11.9. The lowest BCUT2D eigenvalue weighted by Gasteiger charge is -2.43. The van der Waals surface area contributed by atoms with Crippen molar-refractivity contribution in [3.63, 3.8) is 0 Å². The van der Waals surface area contributed by atoms with Crippen LogP contribution < -0.4 is 14.5 Å². The molecule has 10 heteroatoms. The molecule has 2 saturated heterocycles. The van der Waals surface area contributed by atoms with Gasteiger partial charge in [0.2, 0.25) is 0 Å². The summed E-state index contributed by atoms with van der Waals surface area (Å²) in [5.74, 6) is -0.218. The van der Waals surface area contributed by atoms with Crippen LogP contribution in [-0.2, 0) is 13.0 Å². The van der Waals surface area contributed by atoms with Gasteiger partial charge in [-0.3, -0.25) is 5.41 Å². The molecule has 2 atom stereocenters. The van der Waals surface area contributed by atoms with Crippen LogP contribution in [0.3, 0.4) is 0 Å². The fraction of sp³-hybridized carbons (Fsp3) is 0.455. The van der Waals surface area contributed by atoms with Gasteiger partial charge in [-0.25, -0.2) is 4.39 Å². The molecular weight excluding hydrogens is 543 g/mol. The number of nitrogens with zero attached hydrogens (tertiary/aromatic N) is 7. The van der Waals surface area contributed by atoms with Gasteiger partial charge in [-0.2, -0.15) is 15.2 Å². The number of halogens is 1. The minimum Gasteiger partial charge on any atom is -0.462 e. The maximum Gasteiger partial charge on any atom is 0.318 e. The Balaban J connectivity index is 1.34. The first-order chi connectivity index (χ1) is 20.8. The van der Waals surface area contributed by atoms with Gasteiger partial charge in [0, 0.05) is 48.9 Å². The third kappa shape index (κ3) is 5.74. The van der Waals surface area contributed by atoms with Crippen LogP contribution in [0.1, 0.15) is 36.1 Å². The molecule has 224 valence electrons. The van der Waals surface area contributed by atoms with Gasteiger partial charge in [0.1, 0.15) is 12.4 Å². The van der Waals surface area contributed by atoms with Crippen molar-refractivity contribution in [1.82, 2.24) is 19.8 Å². The first kappa shape index (κ1) is 28.9. The van der Waals surface area contributed by atoms with E-state index in [1.54, 1.807) is 4.90 Å². The van der Waals surface area contributed by atoms with E-state index in [4.69, 9.17) is 20.1 Å². The summed E-state index contributed by atoms with van der Waals surface area (Å²) in [5, 5.41) is 20.2. The molecule has 3 aliphatic rings. The van der Waals surface area contributed by atoms with Crippen molar-refractivity contribution in [2.24, 2.45) is 0 Å². The number of hydrogen-bond acceptors (Lipinski definition) is 8. The lowest BCUT2D eigenvalue weighted by molar-refractivity contribution is 0.187. The van der Waals surface area contributed by atoms with Crippen molar-refractivity contribution in [1.29, 1.82) is 10.7 Å². The minimum atomic E-state index is -0.785. The molecule has 43 heavy (non-hydrogen) atoms. The van der Waals surface area contributed by atoms with E-state index in [-0.39, 0.29) is 18.3 Å². The standard InChI is InChI=1S/C33H39FN8O/c1-22-7-4-8-24-9-5-11-29(30(22)24)40-16-13-27-28(20-40)37-33(43-21-26-10-6-15-39(26)3)38-32(27)41-17-18-42(31(36)23(2)34)25(19-41)12-14-35/h4-5,7-9,11,25-26,36H,2,6,10,12-13,15-21H2,1,3H3/t25-,26+/m0/s1. The molecule has 0 amide bonds. The number of ether oxygens (including phenoxy) is 1. The SMILES string of the molecule is C=C(F)C(=N)N1CCN(c2nc(OC[C@H]3CCCN3C)nc3c2CCN(c2cccc4cccc(C)c24)C3)C[C@@H]1CC#N. The van der Waals surface area contributed by atoms with Crippen molar-refractivity contribution >= 4 is 28.1 Å². The lowest BCUT2D eigenvalue weighted by atomic mass is 9.99. The van der Waals surface area contributed by atoms with Crippen molar-refractivity contribution in [3.05, 3.63) is 65.6 Å². The van der Waals surface area contributed by atoms with Crippen LogP contribution in [-0.4, -0.2) is 84.1 Å². The van der Waals surface area contributed by atoms with Gasteiger partial charge in [0.15, 0.2) is 11.7 Å². The molecule has 4 heterocycles. The molecule has 6 rings (SSSR count). The van der Waals surface area contributed by atoms with Crippen LogP contribution in [0.15, 0.2) is 48.8 Å². The number of likely N-dealkylation sites (N-methyl/N-ethyl adjacent to an activating group) is 1. The van der Waals surface area contributed by atoms with Gasteiger partial charge in [0.05, 0.1) is 30.8 Å². The maximum atomic E-state index is 13.9. The van der Waals surface area contributed by atoms with Crippen LogP contribution in [0.4, 0.5) is 15.9 Å².